The number of pyridine rings is 1. The van der Waals surface area contributed by atoms with Crippen LogP contribution in [-0.2, 0) is 0 Å². The first-order valence-corrected chi connectivity index (χ1v) is 10.5. The Labute approximate surface area is 189 Å². The Bertz CT molecular complexity index is 1480. The van der Waals surface area contributed by atoms with Crippen LogP contribution in [0.25, 0.3) is 21.7 Å². The van der Waals surface area contributed by atoms with Gasteiger partial charge in [-0.1, -0.05) is 54.6 Å². The highest BCUT2D eigenvalue weighted by Gasteiger charge is 2.28. The average Bonchev–Trinajstić information content (AvgIpc) is 2.85. The van der Waals surface area contributed by atoms with Gasteiger partial charge >= 0.3 is 5.69 Å². The zero-order valence-electron chi connectivity index (χ0n) is 17.8. The lowest BCUT2D eigenvalue weighted by Gasteiger charge is -2.24. The predicted molar refractivity (Wildman–Crippen MR) is 130 cm³/mol. The summed E-state index contributed by atoms with van der Waals surface area (Å²) in [6, 6.07) is 23.3. The van der Waals surface area contributed by atoms with Crippen molar-refractivity contribution in [3.8, 4) is 0 Å². The molecule has 3 aromatic carbocycles. The molecule has 0 fully saturated rings. The van der Waals surface area contributed by atoms with Gasteiger partial charge in [0.2, 0.25) is 11.6 Å². The quantitative estimate of drug-likeness (QED) is 0.258. The van der Waals surface area contributed by atoms with Gasteiger partial charge in [0.15, 0.2) is 0 Å². The molecule has 0 atom stereocenters. The number of hydrogen-bond acceptors (Lipinski definition) is 7. The standard InChI is InChI=1S/C25H20N6O2/c1-2-30(21-14-6-9-17-8-3-4-12-19(17)21)25-23(31(32)33)24(27-16-28-25)29-20-13-5-10-18-11-7-15-26-22(18)20/h3-16H,2H2,1H3,(H,27,28,29). The Morgan fingerprint density at radius 3 is 2.52 bits per heavy atom. The van der Waals surface area contributed by atoms with Crippen LogP contribution >= 0.6 is 0 Å². The molecule has 0 unspecified atom stereocenters. The average molecular weight is 436 g/mol. The Morgan fingerprint density at radius 2 is 1.67 bits per heavy atom. The molecule has 0 saturated carbocycles. The first-order valence-electron chi connectivity index (χ1n) is 10.5. The van der Waals surface area contributed by atoms with Crippen LogP contribution in [0.2, 0.25) is 0 Å². The Balaban J connectivity index is 1.66. The van der Waals surface area contributed by atoms with Gasteiger partial charge in [0.05, 0.1) is 21.8 Å². The van der Waals surface area contributed by atoms with Crippen molar-refractivity contribution in [2.24, 2.45) is 0 Å². The van der Waals surface area contributed by atoms with E-state index < -0.39 is 4.92 Å². The molecule has 0 spiro atoms. The van der Waals surface area contributed by atoms with Crippen molar-refractivity contribution in [1.29, 1.82) is 0 Å². The molecule has 2 aromatic heterocycles. The number of nitro groups is 1. The lowest BCUT2D eigenvalue weighted by atomic mass is 10.1. The molecule has 0 aliphatic carbocycles. The molecule has 8 nitrogen and oxygen atoms in total. The van der Waals surface area contributed by atoms with Crippen molar-refractivity contribution in [3.63, 3.8) is 0 Å². The van der Waals surface area contributed by atoms with Crippen LogP contribution in [0.3, 0.4) is 0 Å². The van der Waals surface area contributed by atoms with Gasteiger partial charge in [-0.05, 0) is 30.5 Å². The first kappa shape index (κ1) is 20.3. The maximum atomic E-state index is 12.3. The number of benzene rings is 3. The summed E-state index contributed by atoms with van der Waals surface area (Å²) in [5.74, 6) is 0.339. The van der Waals surface area contributed by atoms with E-state index in [1.54, 1.807) is 6.20 Å². The predicted octanol–water partition coefficient (Wildman–Crippen LogP) is 5.99. The van der Waals surface area contributed by atoms with Crippen LogP contribution in [-0.4, -0.2) is 26.4 Å². The second kappa shape index (κ2) is 8.51. The molecule has 0 radical (unpaired) electrons. The number of aromatic nitrogens is 3. The van der Waals surface area contributed by atoms with Gasteiger partial charge in [0.1, 0.15) is 6.33 Å². The molecule has 0 aliphatic rings. The fraction of sp³-hybridized carbons (Fsp3) is 0.0800. The minimum absolute atomic E-state index is 0.113. The van der Waals surface area contributed by atoms with Crippen molar-refractivity contribution in [2.45, 2.75) is 6.92 Å². The van der Waals surface area contributed by atoms with Crippen LogP contribution in [0.5, 0.6) is 0 Å². The fourth-order valence-electron chi connectivity index (χ4n) is 4.04. The Hall–Kier alpha value is -4.59. The van der Waals surface area contributed by atoms with E-state index in [1.807, 2.05) is 84.6 Å². The third-order valence-electron chi connectivity index (χ3n) is 5.50. The van der Waals surface area contributed by atoms with Gasteiger partial charge in [-0.2, -0.15) is 0 Å². The molecule has 0 bridgehead atoms. The number of para-hydroxylation sites is 1. The molecule has 0 saturated heterocycles. The molecule has 1 N–H and O–H groups in total. The largest absolute Gasteiger partial charge is 0.354 e. The lowest BCUT2D eigenvalue weighted by molar-refractivity contribution is -0.383. The van der Waals surface area contributed by atoms with Gasteiger partial charge in [0.25, 0.3) is 0 Å². The third kappa shape index (κ3) is 3.67. The summed E-state index contributed by atoms with van der Waals surface area (Å²) in [6.07, 6.45) is 3.03. The van der Waals surface area contributed by atoms with E-state index in [9.17, 15) is 10.1 Å². The van der Waals surface area contributed by atoms with Crippen molar-refractivity contribution in [2.75, 3.05) is 16.8 Å². The highest BCUT2D eigenvalue weighted by Crippen LogP contribution is 2.39. The summed E-state index contributed by atoms with van der Waals surface area (Å²) in [5.41, 5.74) is 1.99. The summed E-state index contributed by atoms with van der Waals surface area (Å²) >= 11 is 0. The molecular formula is C25H20N6O2. The minimum Gasteiger partial charge on any atom is -0.332 e. The van der Waals surface area contributed by atoms with Gasteiger partial charge in [-0.25, -0.2) is 9.97 Å². The maximum Gasteiger partial charge on any atom is 0.354 e. The normalized spacial score (nSPS) is 10.9. The molecule has 0 amide bonds. The van der Waals surface area contributed by atoms with Crippen LogP contribution in [0.15, 0.2) is 85.3 Å². The van der Waals surface area contributed by atoms with Crippen molar-refractivity contribution >= 4 is 50.4 Å². The van der Waals surface area contributed by atoms with Crippen LogP contribution in [0.4, 0.5) is 28.7 Å². The van der Waals surface area contributed by atoms with Crippen LogP contribution in [0.1, 0.15) is 6.92 Å². The lowest BCUT2D eigenvalue weighted by Crippen LogP contribution is -2.20. The Morgan fingerprint density at radius 1 is 0.909 bits per heavy atom. The summed E-state index contributed by atoms with van der Waals surface area (Å²) < 4.78 is 0. The van der Waals surface area contributed by atoms with Crippen LogP contribution < -0.4 is 10.2 Å². The number of nitrogens with one attached hydrogen (secondary N) is 1. The van der Waals surface area contributed by atoms with Gasteiger partial charge in [-0.3, -0.25) is 15.1 Å². The van der Waals surface area contributed by atoms with Crippen molar-refractivity contribution < 1.29 is 4.92 Å². The van der Waals surface area contributed by atoms with E-state index >= 15 is 0 Å². The number of rotatable bonds is 6. The highest BCUT2D eigenvalue weighted by molar-refractivity contribution is 5.97. The Kier molecular flexibility index (Phi) is 5.24. The van der Waals surface area contributed by atoms with E-state index in [2.05, 4.69) is 20.3 Å². The highest BCUT2D eigenvalue weighted by atomic mass is 16.6. The van der Waals surface area contributed by atoms with E-state index in [1.165, 1.54) is 6.33 Å². The van der Waals surface area contributed by atoms with Gasteiger partial charge in [-0.15, -0.1) is 0 Å². The second-order valence-electron chi connectivity index (χ2n) is 7.40. The van der Waals surface area contributed by atoms with Crippen molar-refractivity contribution in [3.05, 3.63) is 95.4 Å². The zero-order chi connectivity index (χ0) is 22.8. The topological polar surface area (TPSA) is 97.1 Å². The number of anilines is 4. The summed E-state index contributed by atoms with van der Waals surface area (Å²) in [5, 5.41) is 18.3. The van der Waals surface area contributed by atoms with Gasteiger partial charge < -0.3 is 10.2 Å². The summed E-state index contributed by atoms with van der Waals surface area (Å²) in [4.78, 5) is 26.6. The molecule has 5 rings (SSSR count). The van der Waals surface area contributed by atoms with Crippen LogP contribution in [0, 0.1) is 10.1 Å². The van der Waals surface area contributed by atoms with E-state index in [4.69, 9.17) is 0 Å². The summed E-state index contributed by atoms with van der Waals surface area (Å²) in [7, 11) is 0. The smallest absolute Gasteiger partial charge is 0.332 e. The van der Waals surface area contributed by atoms with Crippen molar-refractivity contribution in [1.82, 2.24) is 15.0 Å². The first-order chi connectivity index (χ1) is 16.2. The van der Waals surface area contributed by atoms with E-state index in [0.717, 1.165) is 21.8 Å². The number of fused-ring (bicyclic) bond motifs is 2. The molecule has 2 heterocycles. The molecular weight excluding hydrogens is 416 g/mol. The number of hydrogen-bond donors (Lipinski definition) is 1. The maximum absolute atomic E-state index is 12.3. The monoisotopic (exact) mass is 436 g/mol. The SMILES string of the molecule is CCN(c1ncnc(Nc2cccc3cccnc23)c1[N+](=O)[O-])c1cccc2ccccc12. The molecule has 5 aromatic rings. The van der Waals surface area contributed by atoms with E-state index in [0.29, 0.717) is 17.7 Å². The summed E-state index contributed by atoms with van der Waals surface area (Å²) in [6.45, 7) is 2.43. The van der Waals surface area contributed by atoms with E-state index in [-0.39, 0.29) is 17.3 Å². The van der Waals surface area contributed by atoms with Gasteiger partial charge in [0, 0.05) is 23.5 Å². The molecule has 0 aliphatic heterocycles. The molecule has 33 heavy (non-hydrogen) atoms. The molecule has 8 heteroatoms. The third-order valence-corrected chi connectivity index (χ3v) is 5.50. The zero-order valence-corrected chi connectivity index (χ0v) is 17.8. The number of nitrogens with zero attached hydrogens (tertiary/aromatic N) is 5. The fourth-order valence-corrected chi connectivity index (χ4v) is 4.04. The minimum atomic E-state index is -0.440. The molecule has 162 valence electrons. The second-order valence-corrected chi connectivity index (χ2v) is 7.40.